The van der Waals surface area contributed by atoms with Gasteiger partial charge in [-0.15, -0.1) is 0 Å². The molecule has 0 saturated carbocycles. The first-order valence-corrected chi connectivity index (χ1v) is 7.11. The highest BCUT2D eigenvalue weighted by Gasteiger charge is 2.16. The van der Waals surface area contributed by atoms with Crippen LogP contribution in [0, 0.1) is 0 Å². The summed E-state index contributed by atoms with van der Waals surface area (Å²) in [5.41, 5.74) is 3.57. The molecular weight excluding hydrogens is 308 g/mol. The lowest BCUT2D eigenvalue weighted by atomic mass is 9.86. The molecule has 2 aromatic carbocycles. The van der Waals surface area contributed by atoms with Crippen molar-refractivity contribution < 1.29 is 0 Å². The number of hydrogen-bond acceptors (Lipinski definition) is 0. The van der Waals surface area contributed by atoms with Crippen LogP contribution >= 0.6 is 27.5 Å². The average molecular weight is 324 g/mol. The molecular formula is C16H16BrCl. The molecule has 0 bridgehead atoms. The minimum atomic E-state index is 0.121. The van der Waals surface area contributed by atoms with Crippen LogP contribution < -0.4 is 0 Å². The summed E-state index contributed by atoms with van der Waals surface area (Å²) in [4.78, 5) is 0. The molecule has 0 atom stereocenters. The van der Waals surface area contributed by atoms with E-state index in [2.05, 4.69) is 61.0 Å². The van der Waals surface area contributed by atoms with E-state index in [-0.39, 0.29) is 5.41 Å². The van der Waals surface area contributed by atoms with Gasteiger partial charge in [0, 0.05) is 15.1 Å². The first-order chi connectivity index (χ1) is 8.39. The van der Waals surface area contributed by atoms with Gasteiger partial charge < -0.3 is 0 Å². The summed E-state index contributed by atoms with van der Waals surface area (Å²) in [6.45, 7) is 6.57. The van der Waals surface area contributed by atoms with E-state index in [1.807, 2.05) is 18.2 Å². The molecule has 94 valence electrons. The van der Waals surface area contributed by atoms with Crippen LogP contribution in [0.2, 0.25) is 5.02 Å². The fourth-order valence-corrected chi connectivity index (χ4v) is 2.66. The second kappa shape index (κ2) is 5.07. The summed E-state index contributed by atoms with van der Waals surface area (Å²) in [6.07, 6.45) is 0. The second-order valence-electron chi connectivity index (χ2n) is 5.42. The van der Waals surface area contributed by atoms with Gasteiger partial charge in [0.05, 0.1) is 0 Å². The number of hydrogen-bond donors (Lipinski definition) is 0. The van der Waals surface area contributed by atoms with Crippen molar-refractivity contribution in [2.75, 3.05) is 0 Å². The van der Waals surface area contributed by atoms with Crippen LogP contribution in [0.25, 0.3) is 11.1 Å². The van der Waals surface area contributed by atoms with Crippen molar-refractivity contribution in [3.8, 4) is 11.1 Å². The van der Waals surface area contributed by atoms with E-state index in [0.29, 0.717) is 0 Å². The molecule has 0 saturated heterocycles. The third kappa shape index (κ3) is 2.78. The van der Waals surface area contributed by atoms with Gasteiger partial charge in [0.15, 0.2) is 0 Å². The molecule has 18 heavy (non-hydrogen) atoms. The zero-order chi connectivity index (χ0) is 13.3. The van der Waals surface area contributed by atoms with Crippen molar-refractivity contribution in [2.24, 2.45) is 0 Å². The molecule has 2 aromatic rings. The van der Waals surface area contributed by atoms with Gasteiger partial charge in [-0.25, -0.2) is 0 Å². The van der Waals surface area contributed by atoms with Crippen LogP contribution in [0.5, 0.6) is 0 Å². The fraction of sp³-hybridized carbons (Fsp3) is 0.250. The quantitative estimate of drug-likeness (QED) is 0.597. The van der Waals surface area contributed by atoms with Crippen molar-refractivity contribution in [3.05, 3.63) is 57.5 Å². The van der Waals surface area contributed by atoms with Crippen molar-refractivity contribution in [1.29, 1.82) is 0 Å². The van der Waals surface area contributed by atoms with Crippen LogP contribution in [-0.4, -0.2) is 0 Å². The largest absolute Gasteiger partial charge is 0.0837 e. The van der Waals surface area contributed by atoms with Gasteiger partial charge in [-0.05, 0) is 28.7 Å². The van der Waals surface area contributed by atoms with Crippen LogP contribution in [0.15, 0.2) is 46.9 Å². The summed E-state index contributed by atoms with van der Waals surface area (Å²) >= 11 is 9.99. The Kier molecular flexibility index (Phi) is 3.84. The molecule has 0 nitrogen and oxygen atoms in total. The van der Waals surface area contributed by atoms with Gasteiger partial charge in [-0.3, -0.25) is 0 Å². The Balaban J connectivity index is 2.52. The van der Waals surface area contributed by atoms with Gasteiger partial charge >= 0.3 is 0 Å². The molecule has 0 aliphatic rings. The molecule has 0 aliphatic heterocycles. The Morgan fingerprint density at radius 3 is 2.17 bits per heavy atom. The molecule has 0 amide bonds. The van der Waals surface area contributed by atoms with E-state index in [0.717, 1.165) is 20.6 Å². The van der Waals surface area contributed by atoms with Crippen LogP contribution in [0.4, 0.5) is 0 Å². The predicted octanol–water partition coefficient (Wildman–Crippen LogP) is 6.07. The SMILES string of the molecule is CC(C)(C)c1ccc(-c2ccccc2Br)c(Cl)c1. The molecule has 2 heteroatoms. The lowest BCUT2D eigenvalue weighted by molar-refractivity contribution is 0.590. The first-order valence-electron chi connectivity index (χ1n) is 5.94. The second-order valence-corrected chi connectivity index (χ2v) is 6.69. The Morgan fingerprint density at radius 2 is 1.61 bits per heavy atom. The van der Waals surface area contributed by atoms with Crippen LogP contribution in [0.1, 0.15) is 26.3 Å². The Bertz CT molecular complexity index is 568. The summed E-state index contributed by atoms with van der Waals surface area (Å²) in [5.74, 6) is 0. The molecule has 0 N–H and O–H groups in total. The maximum Gasteiger partial charge on any atom is 0.0487 e. The zero-order valence-electron chi connectivity index (χ0n) is 10.8. The van der Waals surface area contributed by atoms with E-state index >= 15 is 0 Å². The topological polar surface area (TPSA) is 0 Å². The number of rotatable bonds is 1. The van der Waals surface area contributed by atoms with Crippen molar-refractivity contribution >= 4 is 27.5 Å². The predicted molar refractivity (Wildman–Crippen MR) is 83.3 cm³/mol. The summed E-state index contributed by atoms with van der Waals surface area (Å²) < 4.78 is 1.07. The molecule has 0 aromatic heterocycles. The number of halogens is 2. The highest BCUT2D eigenvalue weighted by Crippen LogP contribution is 2.35. The van der Waals surface area contributed by atoms with Crippen molar-refractivity contribution in [1.82, 2.24) is 0 Å². The summed E-state index contributed by atoms with van der Waals surface area (Å²) in [6, 6.07) is 14.4. The Hall–Kier alpha value is -0.790. The van der Waals surface area contributed by atoms with Crippen molar-refractivity contribution in [2.45, 2.75) is 26.2 Å². The molecule has 0 fully saturated rings. The average Bonchev–Trinajstić information content (AvgIpc) is 2.29. The molecule has 2 rings (SSSR count). The Labute approximate surface area is 122 Å². The maximum absolute atomic E-state index is 6.42. The third-order valence-electron chi connectivity index (χ3n) is 3.00. The lowest BCUT2D eigenvalue weighted by Gasteiger charge is -2.20. The monoisotopic (exact) mass is 322 g/mol. The lowest BCUT2D eigenvalue weighted by Crippen LogP contribution is -2.10. The first kappa shape index (κ1) is 13.6. The smallest absolute Gasteiger partial charge is 0.0487 e. The van der Waals surface area contributed by atoms with Gasteiger partial charge in [-0.1, -0.05) is 78.6 Å². The minimum Gasteiger partial charge on any atom is -0.0837 e. The van der Waals surface area contributed by atoms with Gasteiger partial charge in [-0.2, -0.15) is 0 Å². The maximum atomic E-state index is 6.42. The standard InChI is InChI=1S/C16H16BrCl/c1-16(2,3)11-8-9-13(15(18)10-11)12-6-4-5-7-14(12)17/h4-10H,1-3H3. The molecule has 0 aliphatic carbocycles. The molecule has 0 heterocycles. The highest BCUT2D eigenvalue weighted by molar-refractivity contribution is 9.10. The van der Waals surface area contributed by atoms with E-state index in [4.69, 9.17) is 11.6 Å². The van der Waals surface area contributed by atoms with Gasteiger partial charge in [0.25, 0.3) is 0 Å². The van der Waals surface area contributed by atoms with Crippen molar-refractivity contribution in [3.63, 3.8) is 0 Å². The van der Waals surface area contributed by atoms with Crippen LogP contribution in [-0.2, 0) is 5.41 Å². The third-order valence-corrected chi connectivity index (χ3v) is 4.00. The van der Waals surface area contributed by atoms with Crippen LogP contribution in [0.3, 0.4) is 0 Å². The van der Waals surface area contributed by atoms with E-state index in [9.17, 15) is 0 Å². The molecule has 0 radical (unpaired) electrons. The van der Waals surface area contributed by atoms with E-state index in [1.54, 1.807) is 0 Å². The highest BCUT2D eigenvalue weighted by atomic mass is 79.9. The minimum absolute atomic E-state index is 0.121. The van der Waals surface area contributed by atoms with E-state index in [1.165, 1.54) is 5.56 Å². The van der Waals surface area contributed by atoms with Gasteiger partial charge in [0.2, 0.25) is 0 Å². The summed E-state index contributed by atoms with van der Waals surface area (Å²) in [7, 11) is 0. The molecule has 0 unspecified atom stereocenters. The number of benzene rings is 2. The Morgan fingerprint density at radius 1 is 0.944 bits per heavy atom. The zero-order valence-corrected chi connectivity index (χ0v) is 13.1. The normalized spacial score (nSPS) is 11.6. The van der Waals surface area contributed by atoms with E-state index < -0.39 is 0 Å². The van der Waals surface area contributed by atoms with Gasteiger partial charge in [0.1, 0.15) is 0 Å². The fourth-order valence-electron chi connectivity index (χ4n) is 1.88. The summed E-state index contributed by atoms with van der Waals surface area (Å²) in [5, 5.41) is 0.800. The molecule has 0 spiro atoms.